The molecule has 16 heavy (non-hydrogen) atoms. The first-order chi connectivity index (χ1) is 7.74. The largest absolute Gasteiger partial charge is 0.324 e. The van der Waals surface area contributed by atoms with Gasteiger partial charge < -0.3 is 5.32 Å². The molecule has 1 aromatic carbocycles. The minimum Gasteiger partial charge on any atom is -0.324 e. The normalized spacial score (nSPS) is 10.1. The van der Waals surface area contributed by atoms with Crippen LogP contribution in [-0.4, -0.2) is 15.7 Å². The van der Waals surface area contributed by atoms with Crippen molar-refractivity contribution >= 4 is 23.2 Å². The predicted molar refractivity (Wildman–Crippen MR) is 62.3 cm³/mol. The summed E-state index contributed by atoms with van der Waals surface area (Å²) in [4.78, 5) is 11.6. The molecular formula is C11H10ClN3O. The van der Waals surface area contributed by atoms with Gasteiger partial charge >= 0.3 is 0 Å². The summed E-state index contributed by atoms with van der Waals surface area (Å²) in [5, 5.41) is 7.28. The molecule has 0 atom stereocenters. The average Bonchev–Trinajstić information content (AvgIpc) is 2.70. The predicted octanol–water partition coefficient (Wildman–Crippen LogP) is 2.18. The Morgan fingerprint density at radius 1 is 1.44 bits per heavy atom. The number of nitrogens with zero attached hydrogens (tertiary/aromatic N) is 2. The van der Waals surface area contributed by atoms with Gasteiger partial charge in [-0.3, -0.25) is 9.48 Å². The Hall–Kier alpha value is -1.81. The first-order valence-corrected chi connectivity index (χ1v) is 5.15. The van der Waals surface area contributed by atoms with E-state index in [2.05, 4.69) is 10.4 Å². The molecule has 1 N–H and O–H groups in total. The van der Waals surface area contributed by atoms with Crippen molar-refractivity contribution in [2.24, 2.45) is 0 Å². The molecular weight excluding hydrogens is 226 g/mol. The van der Waals surface area contributed by atoms with Crippen molar-refractivity contribution in [1.29, 1.82) is 0 Å². The second-order valence-electron chi connectivity index (χ2n) is 3.26. The molecule has 0 saturated carbocycles. The number of halogens is 1. The summed E-state index contributed by atoms with van der Waals surface area (Å²) in [6, 6.07) is 8.79. The lowest BCUT2D eigenvalue weighted by Gasteiger charge is -2.05. The van der Waals surface area contributed by atoms with Gasteiger partial charge in [0, 0.05) is 23.1 Å². The minimum atomic E-state index is -0.133. The molecule has 2 rings (SSSR count). The lowest BCUT2D eigenvalue weighted by atomic mass is 10.3. The zero-order chi connectivity index (χ0) is 11.4. The van der Waals surface area contributed by atoms with E-state index in [1.165, 1.54) is 0 Å². The summed E-state index contributed by atoms with van der Waals surface area (Å²) in [6.07, 6.45) is 3.37. The van der Waals surface area contributed by atoms with Crippen LogP contribution in [0, 0.1) is 0 Å². The second kappa shape index (κ2) is 4.81. The van der Waals surface area contributed by atoms with E-state index in [4.69, 9.17) is 11.6 Å². The molecule has 0 saturated heterocycles. The maximum absolute atomic E-state index is 11.6. The summed E-state index contributed by atoms with van der Waals surface area (Å²) in [5.74, 6) is -0.133. The van der Waals surface area contributed by atoms with Crippen LogP contribution >= 0.6 is 11.6 Å². The van der Waals surface area contributed by atoms with Crippen molar-refractivity contribution in [2.75, 3.05) is 5.32 Å². The van der Waals surface area contributed by atoms with Crippen molar-refractivity contribution in [3.8, 4) is 0 Å². The molecule has 5 heteroatoms. The molecule has 0 aliphatic heterocycles. The first-order valence-electron chi connectivity index (χ1n) is 4.77. The summed E-state index contributed by atoms with van der Waals surface area (Å²) in [6.45, 7) is 0.194. The quantitative estimate of drug-likeness (QED) is 0.886. The van der Waals surface area contributed by atoms with Gasteiger partial charge in [0.05, 0.1) is 0 Å². The van der Waals surface area contributed by atoms with Crippen LogP contribution in [0.5, 0.6) is 0 Å². The number of rotatable bonds is 3. The summed E-state index contributed by atoms with van der Waals surface area (Å²) < 4.78 is 1.56. The molecule has 82 valence electrons. The molecule has 1 amide bonds. The molecule has 0 spiro atoms. The first kappa shape index (κ1) is 10.7. The van der Waals surface area contributed by atoms with Crippen molar-refractivity contribution in [3.63, 3.8) is 0 Å². The summed E-state index contributed by atoms with van der Waals surface area (Å²) >= 11 is 5.80. The third-order valence-corrected chi connectivity index (χ3v) is 2.21. The third kappa shape index (κ3) is 2.84. The maximum Gasteiger partial charge on any atom is 0.246 e. The van der Waals surface area contributed by atoms with Gasteiger partial charge in [0.25, 0.3) is 0 Å². The smallest absolute Gasteiger partial charge is 0.246 e. The SMILES string of the molecule is O=C(Cn1cccn1)Nc1cccc(Cl)c1. The molecule has 0 radical (unpaired) electrons. The summed E-state index contributed by atoms with van der Waals surface area (Å²) in [5.41, 5.74) is 0.685. The number of benzene rings is 1. The van der Waals surface area contributed by atoms with Crippen molar-refractivity contribution in [3.05, 3.63) is 47.7 Å². The number of nitrogens with one attached hydrogen (secondary N) is 1. The van der Waals surface area contributed by atoms with E-state index >= 15 is 0 Å². The zero-order valence-electron chi connectivity index (χ0n) is 8.43. The van der Waals surface area contributed by atoms with E-state index in [-0.39, 0.29) is 12.5 Å². The standard InChI is InChI=1S/C11H10ClN3O/c12-9-3-1-4-10(7-9)14-11(16)8-15-6-2-5-13-15/h1-7H,8H2,(H,14,16). The van der Waals surface area contributed by atoms with Crippen molar-refractivity contribution < 1.29 is 4.79 Å². The molecule has 1 heterocycles. The highest BCUT2D eigenvalue weighted by atomic mass is 35.5. The van der Waals surface area contributed by atoms with Gasteiger partial charge in [-0.1, -0.05) is 17.7 Å². The molecule has 0 aliphatic carbocycles. The fourth-order valence-electron chi connectivity index (χ4n) is 1.31. The highest BCUT2D eigenvalue weighted by Gasteiger charge is 2.03. The molecule has 0 bridgehead atoms. The van der Waals surface area contributed by atoms with Crippen molar-refractivity contribution in [2.45, 2.75) is 6.54 Å². The number of hydrogen-bond acceptors (Lipinski definition) is 2. The van der Waals surface area contributed by atoms with E-state index in [1.54, 1.807) is 47.4 Å². The number of anilines is 1. The van der Waals surface area contributed by atoms with E-state index in [0.29, 0.717) is 10.7 Å². The van der Waals surface area contributed by atoms with Gasteiger partial charge in [-0.15, -0.1) is 0 Å². The number of carbonyl (C=O) groups is 1. The number of hydrogen-bond donors (Lipinski definition) is 1. The maximum atomic E-state index is 11.6. The lowest BCUT2D eigenvalue weighted by Crippen LogP contribution is -2.18. The molecule has 0 fully saturated rings. The Morgan fingerprint density at radius 3 is 3.00 bits per heavy atom. The highest BCUT2D eigenvalue weighted by molar-refractivity contribution is 6.30. The molecule has 0 aliphatic rings. The number of amides is 1. The van der Waals surface area contributed by atoms with Crippen LogP contribution in [0.1, 0.15) is 0 Å². The Kier molecular flexibility index (Phi) is 3.22. The lowest BCUT2D eigenvalue weighted by molar-refractivity contribution is -0.116. The average molecular weight is 236 g/mol. The Labute approximate surface area is 97.8 Å². The van der Waals surface area contributed by atoms with Crippen LogP contribution < -0.4 is 5.32 Å². The fourth-order valence-corrected chi connectivity index (χ4v) is 1.50. The van der Waals surface area contributed by atoms with Crippen LogP contribution in [0.25, 0.3) is 0 Å². The van der Waals surface area contributed by atoms with Crippen LogP contribution in [0.2, 0.25) is 5.02 Å². The van der Waals surface area contributed by atoms with Gasteiger partial charge in [-0.05, 0) is 24.3 Å². The van der Waals surface area contributed by atoms with Crippen LogP contribution in [0.4, 0.5) is 5.69 Å². The molecule has 0 unspecified atom stereocenters. The monoisotopic (exact) mass is 235 g/mol. The van der Waals surface area contributed by atoms with Gasteiger partial charge in [-0.25, -0.2) is 0 Å². The van der Waals surface area contributed by atoms with Crippen LogP contribution in [-0.2, 0) is 11.3 Å². The van der Waals surface area contributed by atoms with Crippen LogP contribution in [0.15, 0.2) is 42.7 Å². The van der Waals surface area contributed by atoms with Gasteiger partial charge in [0.2, 0.25) is 5.91 Å². The van der Waals surface area contributed by atoms with E-state index in [9.17, 15) is 4.79 Å². The Balaban J connectivity index is 1.97. The third-order valence-electron chi connectivity index (χ3n) is 1.97. The summed E-state index contributed by atoms with van der Waals surface area (Å²) in [7, 11) is 0. The Bertz CT molecular complexity index is 482. The number of carbonyl (C=O) groups excluding carboxylic acids is 1. The fraction of sp³-hybridized carbons (Fsp3) is 0.0909. The number of aromatic nitrogens is 2. The van der Waals surface area contributed by atoms with Crippen LogP contribution in [0.3, 0.4) is 0 Å². The van der Waals surface area contributed by atoms with Gasteiger partial charge in [-0.2, -0.15) is 5.10 Å². The van der Waals surface area contributed by atoms with Gasteiger partial charge in [0.15, 0.2) is 0 Å². The molecule has 4 nitrogen and oxygen atoms in total. The minimum absolute atomic E-state index is 0.133. The highest BCUT2D eigenvalue weighted by Crippen LogP contribution is 2.14. The van der Waals surface area contributed by atoms with E-state index in [0.717, 1.165) is 0 Å². The molecule has 2 aromatic rings. The van der Waals surface area contributed by atoms with E-state index < -0.39 is 0 Å². The Morgan fingerprint density at radius 2 is 2.31 bits per heavy atom. The van der Waals surface area contributed by atoms with Gasteiger partial charge in [0.1, 0.15) is 6.54 Å². The van der Waals surface area contributed by atoms with Crippen molar-refractivity contribution in [1.82, 2.24) is 9.78 Å². The zero-order valence-corrected chi connectivity index (χ0v) is 9.19. The topological polar surface area (TPSA) is 46.9 Å². The second-order valence-corrected chi connectivity index (χ2v) is 3.70. The van der Waals surface area contributed by atoms with E-state index in [1.807, 2.05) is 0 Å². The molecule has 1 aromatic heterocycles.